The smallest absolute Gasteiger partial charge is 0.147 e. The number of aldehydes is 1. The molecule has 1 fully saturated rings. The first kappa shape index (κ1) is 13.3. The van der Waals surface area contributed by atoms with Crippen LogP contribution in [0.15, 0.2) is 12.3 Å². The summed E-state index contributed by atoms with van der Waals surface area (Å²) in [6.07, 6.45) is 5.12. The number of unbranched alkanes of at least 4 members (excludes halogenated alkanes) is 1. The van der Waals surface area contributed by atoms with Crippen molar-refractivity contribution in [3.8, 4) is 0 Å². The first-order valence-electron chi connectivity index (χ1n) is 6.35. The molecule has 1 aromatic rings. The van der Waals surface area contributed by atoms with E-state index in [9.17, 15) is 4.79 Å². The van der Waals surface area contributed by atoms with Gasteiger partial charge in [0.15, 0.2) is 0 Å². The van der Waals surface area contributed by atoms with E-state index >= 15 is 0 Å². The Kier molecular flexibility index (Phi) is 4.96. The van der Waals surface area contributed by atoms with Crippen LogP contribution < -0.4 is 10.2 Å². The lowest BCUT2D eigenvalue weighted by Gasteiger charge is -2.29. The molecule has 0 aromatic carbocycles. The number of halogens is 1. The van der Waals surface area contributed by atoms with Crippen LogP contribution in [-0.4, -0.2) is 37.4 Å². The van der Waals surface area contributed by atoms with Crippen molar-refractivity contribution in [2.24, 2.45) is 0 Å². The Labute approximate surface area is 112 Å². The normalized spacial score (nSPS) is 15.7. The minimum Gasteiger partial charge on any atom is -0.353 e. The Balaban J connectivity index is 2.02. The second-order valence-electron chi connectivity index (χ2n) is 4.44. The van der Waals surface area contributed by atoms with Gasteiger partial charge < -0.3 is 15.0 Å². The van der Waals surface area contributed by atoms with E-state index in [1.165, 1.54) is 0 Å². The SMILES string of the molecule is O=CCCCc1cnc(N2CCNCC2)c(Cl)c1. The summed E-state index contributed by atoms with van der Waals surface area (Å²) in [4.78, 5) is 16.9. The van der Waals surface area contributed by atoms with Gasteiger partial charge in [0.2, 0.25) is 0 Å². The van der Waals surface area contributed by atoms with Crippen LogP contribution in [0.3, 0.4) is 0 Å². The van der Waals surface area contributed by atoms with Crippen molar-refractivity contribution >= 4 is 23.7 Å². The molecule has 1 saturated heterocycles. The van der Waals surface area contributed by atoms with Gasteiger partial charge in [-0.25, -0.2) is 4.98 Å². The number of pyridine rings is 1. The summed E-state index contributed by atoms with van der Waals surface area (Å²) < 4.78 is 0. The topological polar surface area (TPSA) is 45.2 Å². The third-order valence-electron chi connectivity index (χ3n) is 3.08. The van der Waals surface area contributed by atoms with Crippen LogP contribution in [-0.2, 0) is 11.2 Å². The van der Waals surface area contributed by atoms with Gasteiger partial charge in [-0.1, -0.05) is 11.6 Å². The maximum Gasteiger partial charge on any atom is 0.147 e. The summed E-state index contributed by atoms with van der Waals surface area (Å²) in [6.45, 7) is 3.83. The predicted molar refractivity (Wildman–Crippen MR) is 73.3 cm³/mol. The van der Waals surface area contributed by atoms with Crippen LogP contribution in [0.2, 0.25) is 5.02 Å². The van der Waals surface area contributed by atoms with Gasteiger partial charge in [-0.3, -0.25) is 0 Å². The number of aromatic nitrogens is 1. The van der Waals surface area contributed by atoms with Crippen molar-refractivity contribution in [1.82, 2.24) is 10.3 Å². The van der Waals surface area contributed by atoms with Crippen LogP contribution in [0.25, 0.3) is 0 Å². The zero-order valence-electron chi connectivity index (χ0n) is 10.4. The zero-order valence-corrected chi connectivity index (χ0v) is 11.1. The van der Waals surface area contributed by atoms with Crippen molar-refractivity contribution in [2.45, 2.75) is 19.3 Å². The molecule has 2 rings (SSSR count). The quantitative estimate of drug-likeness (QED) is 0.651. The Morgan fingerprint density at radius 3 is 2.89 bits per heavy atom. The molecule has 5 heteroatoms. The number of rotatable bonds is 5. The zero-order chi connectivity index (χ0) is 12.8. The molecule has 1 aromatic heterocycles. The molecular formula is C13H18ClN3O. The number of nitrogens with zero attached hydrogens (tertiary/aromatic N) is 2. The van der Waals surface area contributed by atoms with Crippen LogP contribution >= 0.6 is 11.6 Å². The van der Waals surface area contributed by atoms with Gasteiger partial charge in [-0.15, -0.1) is 0 Å². The van der Waals surface area contributed by atoms with E-state index < -0.39 is 0 Å². The predicted octanol–water partition coefficient (Wildman–Crippen LogP) is 1.67. The van der Waals surface area contributed by atoms with Gasteiger partial charge in [0.25, 0.3) is 0 Å². The van der Waals surface area contributed by atoms with E-state index in [-0.39, 0.29) is 0 Å². The second-order valence-corrected chi connectivity index (χ2v) is 4.85. The molecule has 4 nitrogen and oxygen atoms in total. The summed E-state index contributed by atoms with van der Waals surface area (Å²) in [5.74, 6) is 0.873. The molecule has 0 bridgehead atoms. The first-order valence-corrected chi connectivity index (χ1v) is 6.73. The van der Waals surface area contributed by atoms with Gasteiger partial charge in [0, 0.05) is 38.8 Å². The molecule has 1 aliphatic heterocycles. The molecule has 0 amide bonds. The summed E-state index contributed by atoms with van der Waals surface area (Å²) >= 11 is 6.28. The summed E-state index contributed by atoms with van der Waals surface area (Å²) in [5, 5.41) is 4.01. The fourth-order valence-corrected chi connectivity index (χ4v) is 2.41. The molecule has 0 atom stereocenters. The number of piperazine rings is 1. The summed E-state index contributed by atoms with van der Waals surface area (Å²) in [6, 6.07) is 1.97. The fraction of sp³-hybridized carbons (Fsp3) is 0.538. The number of hydrogen-bond acceptors (Lipinski definition) is 4. The van der Waals surface area contributed by atoms with Gasteiger partial charge in [0.1, 0.15) is 12.1 Å². The average Bonchev–Trinajstić information content (AvgIpc) is 2.40. The monoisotopic (exact) mass is 267 g/mol. The standard InChI is InChI=1S/C13H18ClN3O/c14-12-9-11(3-1-2-8-18)10-16-13(12)17-6-4-15-5-7-17/h8-10,15H,1-7H2. The maximum atomic E-state index is 10.3. The molecule has 1 aliphatic rings. The summed E-state index contributed by atoms with van der Waals surface area (Å²) in [7, 11) is 0. The Hall–Kier alpha value is -1.13. The largest absolute Gasteiger partial charge is 0.353 e. The van der Waals surface area contributed by atoms with E-state index in [1.54, 1.807) is 0 Å². The van der Waals surface area contributed by atoms with Gasteiger partial charge >= 0.3 is 0 Å². The minimum atomic E-state index is 0.594. The van der Waals surface area contributed by atoms with Crippen LogP contribution in [0.1, 0.15) is 18.4 Å². The van der Waals surface area contributed by atoms with Crippen molar-refractivity contribution in [3.63, 3.8) is 0 Å². The first-order chi connectivity index (χ1) is 8.81. The number of carbonyl (C=O) groups excluding carboxylic acids is 1. The second kappa shape index (κ2) is 6.71. The molecule has 0 aliphatic carbocycles. The summed E-state index contributed by atoms with van der Waals surface area (Å²) in [5.41, 5.74) is 1.10. The van der Waals surface area contributed by atoms with Crippen LogP contribution in [0, 0.1) is 0 Å². The van der Waals surface area contributed by atoms with E-state index in [4.69, 9.17) is 11.6 Å². The third kappa shape index (κ3) is 3.43. The lowest BCUT2D eigenvalue weighted by atomic mass is 10.1. The Morgan fingerprint density at radius 2 is 2.22 bits per heavy atom. The lowest BCUT2D eigenvalue weighted by molar-refractivity contribution is -0.107. The van der Waals surface area contributed by atoms with Crippen LogP contribution in [0.4, 0.5) is 5.82 Å². The molecule has 2 heterocycles. The molecule has 1 N–H and O–H groups in total. The number of carbonyl (C=O) groups is 1. The maximum absolute atomic E-state index is 10.3. The van der Waals surface area contributed by atoms with Gasteiger partial charge in [-0.05, 0) is 24.5 Å². The molecule has 0 radical (unpaired) electrons. The fourth-order valence-electron chi connectivity index (χ4n) is 2.11. The number of anilines is 1. The van der Waals surface area contributed by atoms with Gasteiger partial charge in [-0.2, -0.15) is 0 Å². The Morgan fingerprint density at radius 1 is 1.44 bits per heavy atom. The molecule has 18 heavy (non-hydrogen) atoms. The highest BCUT2D eigenvalue weighted by Gasteiger charge is 2.14. The highest BCUT2D eigenvalue weighted by Crippen LogP contribution is 2.24. The van der Waals surface area contributed by atoms with E-state index in [1.807, 2.05) is 12.3 Å². The van der Waals surface area contributed by atoms with Crippen molar-refractivity contribution in [1.29, 1.82) is 0 Å². The number of aryl methyl sites for hydroxylation is 1. The molecule has 98 valence electrons. The van der Waals surface area contributed by atoms with Crippen molar-refractivity contribution < 1.29 is 4.79 Å². The average molecular weight is 268 g/mol. The number of nitrogens with one attached hydrogen (secondary N) is 1. The van der Waals surface area contributed by atoms with E-state index in [2.05, 4.69) is 15.2 Å². The number of hydrogen-bond donors (Lipinski definition) is 1. The Bertz CT molecular complexity index is 405. The highest BCUT2D eigenvalue weighted by atomic mass is 35.5. The third-order valence-corrected chi connectivity index (χ3v) is 3.36. The van der Waals surface area contributed by atoms with Crippen molar-refractivity contribution in [2.75, 3.05) is 31.1 Å². The molecule has 0 saturated carbocycles. The highest BCUT2D eigenvalue weighted by molar-refractivity contribution is 6.33. The van der Waals surface area contributed by atoms with Crippen LogP contribution in [0.5, 0.6) is 0 Å². The van der Waals surface area contributed by atoms with Gasteiger partial charge in [0.05, 0.1) is 5.02 Å². The molecule has 0 unspecified atom stereocenters. The molecular weight excluding hydrogens is 250 g/mol. The lowest BCUT2D eigenvalue weighted by Crippen LogP contribution is -2.44. The molecule has 0 spiro atoms. The van der Waals surface area contributed by atoms with Crippen molar-refractivity contribution in [3.05, 3.63) is 22.8 Å². The van der Waals surface area contributed by atoms with E-state index in [0.29, 0.717) is 11.4 Å². The minimum absolute atomic E-state index is 0.594. The van der Waals surface area contributed by atoms with E-state index in [0.717, 1.165) is 56.7 Å².